The van der Waals surface area contributed by atoms with Gasteiger partial charge in [-0.3, -0.25) is 0 Å². The second-order valence-electron chi connectivity index (χ2n) is 3.64. The van der Waals surface area contributed by atoms with Crippen LogP contribution in [0, 0.1) is 0 Å². The predicted molar refractivity (Wildman–Crippen MR) is 58.6 cm³/mol. The highest BCUT2D eigenvalue weighted by Gasteiger charge is 2.31. The quantitative estimate of drug-likeness (QED) is 0.857. The van der Waals surface area contributed by atoms with Crippen molar-refractivity contribution in [3.8, 4) is 5.75 Å². The smallest absolute Gasteiger partial charge is 0.416 e. The highest BCUT2D eigenvalue weighted by molar-refractivity contribution is 5.40. The van der Waals surface area contributed by atoms with E-state index in [1.807, 2.05) is 0 Å². The molecule has 0 saturated heterocycles. The molecule has 0 heterocycles. The first-order valence-corrected chi connectivity index (χ1v) is 5.11. The van der Waals surface area contributed by atoms with Crippen LogP contribution < -0.4 is 16.2 Å². The first kappa shape index (κ1) is 13.8. The molecule has 0 aliphatic carbocycles. The third-order valence-corrected chi connectivity index (χ3v) is 2.44. The van der Waals surface area contributed by atoms with Crippen LogP contribution in [-0.4, -0.2) is 13.7 Å². The zero-order chi connectivity index (χ0) is 13.1. The number of hydrogen-bond acceptors (Lipinski definition) is 3. The number of ether oxygens (including phenoxy) is 1. The van der Waals surface area contributed by atoms with Gasteiger partial charge in [-0.2, -0.15) is 13.2 Å². The Morgan fingerprint density at radius 1 is 1.35 bits per heavy atom. The second-order valence-corrected chi connectivity index (χ2v) is 3.64. The summed E-state index contributed by atoms with van der Waals surface area (Å²) in [6.07, 6.45) is -3.90. The number of hydrogen-bond donors (Lipinski definition) is 2. The molecule has 0 bridgehead atoms. The van der Waals surface area contributed by atoms with Gasteiger partial charge in [0.15, 0.2) is 0 Å². The fourth-order valence-corrected chi connectivity index (χ4v) is 1.53. The summed E-state index contributed by atoms with van der Waals surface area (Å²) < 4.78 is 42.4. The van der Waals surface area contributed by atoms with Crippen LogP contribution >= 0.6 is 0 Å². The fraction of sp³-hybridized carbons (Fsp3) is 0.455. The molecule has 0 spiro atoms. The summed E-state index contributed by atoms with van der Waals surface area (Å²) in [6.45, 7) is 0.366. The monoisotopic (exact) mass is 248 g/mol. The zero-order valence-corrected chi connectivity index (χ0v) is 9.42. The first-order valence-electron chi connectivity index (χ1n) is 5.11. The summed E-state index contributed by atoms with van der Waals surface area (Å²) >= 11 is 0. The van der Waals surface area contributed by atoms with Crippen LogP contribution in [-0.2, 0) is 6.18 Å². The van der Waals surface area contributed by atoms with Crippen LogP contribution in [0.2, 0.25) is 0 Å². The van der Waals surface area contributed by atoms with E-state index in [9.17, 15) is 13.2 Å². The number of rotatable bonds is 4. The maximum absolute atomic E-state index is 12.5. The van der Waals surface area contributed by atoms with Crippen molar-refractivity contribution in [3.63, 3.8) is 0 Å². The molecule has 0 aliphatic heterocycles. The van der Waals surface area contributed by atoms with E-state index in [1.54, 1.807) is 0 Å². The predicted octanol–water partition coefficient (Wildman–Crippen LogP) is 2.06. The van der Waals surface area contributed by atoms with Gasteiger partial charge in [-0.15, -0.1) is 0 Å². The van der Waals surface area contributed by atoms with Crippen LogP contribution in [0.25, 0.3) is 0 Å². The fourth-order valence-electron chi connectivity index (χ4n) is 1.53. The number of halogens is 3. The van der Waals surface area contributed by atoms with Crippen molar-refractivity contribution in [2.75, 3.05) is 13.7 Å². The Balaban J connectivity index is 3.10. The summed E-state index contributed by atoms with van der Waals surface area (Å²) in [5.74, 6) is 0.140. The Kier molecular flexibility index (Phi) is 4.36. The van der Waals surface area contributed by atoms with Gasteiger partial charge < -0.3 is 16.2 Å². The molecule has 3 nitrogen and oxygen atoms in total. The van der Waals surface area contributed by atoms with Crippen LogP contribution in [0.5, 0.6) is 5.75 Å². The summed E-state index contributed by atoms with van der Waals surface area (Å²) in [5.41, 5.74) is 10.9. The normalized spacial score (nSPS) is 13.5. The molecular formula is C11H15F3N2O. The van der Waals surface area contributed by atoms with E-state index >= 15 is 0 Å². The summed E-state index contributed by atoms with van der Waals surface area (Å²) in [4.78, 5) is 0. The van der Waals surface area contributed by atoms with E-state index in [0.717, 1.165) is 12.1 Å². The lowest BCUT2D eigenvalue weighted by Crippen LogP contribution is -2.16. The summed E-state index contributed by atoms with van der Waals surface area (Å²) in [6, 6.07) is 2.86. The Bertz CT molecular complexity index is 379. The zero-order valence-electron chi connectivity index (χ0n) is 9.42. The van der Waals surface area contributed by atoms with Crippen molar-refractivity contribution in [1.82, 2.24) is 0 Å². The largest absolute Gasteiger partial charge is 0.496 e. The molecule has 0 radical (unpaired) electrons. The molecule has 0 amide bonds. The lowest BCUT2D eigenvalue weighted by atomic mass is 10.0. The van der Waals surface area contributed by atoms with E-state index in [4.69, 9.17) is 16.2 Å². The second kappa shape index (κ2) is 5.37. The van der Waals surface area contributed by atoms with E-state index in [-0.39, 0.29) is 5.75 Å². The molecule has 17 heavy (non-hydrogen) atoms. The molecular weight excluding hydrogens is 233 g/mol. The van der Waals surface area contributed by atoms with E-state index in [0.29, 0.717) is 18.5 Å². The average Bonchev–Trinajstić information content (AvgIpc) is 2.27. The van der Waals surface area contributed by atoms with Gasteiger partial charge in [-0.05, 0) is 25.1 Å². The molecule has 1 atom stereocenters. The molecule has 4 N–H and O–H groups in total. The van der Waals surface area contributed by atoms with Crippen molar-refractivity contribution in [3.05, 3.63) is 29.3 Å². The van der Waals surface area contributed by atoms with Crippen molar-refractivity contribution in [2.24, 2.45) is 11.5 Å². The molecule has 0 aromatic heterocycles. The van der Waals surface area contributed by atoms with Gasteiger partial charge in [0, 0.05) is 11.6 Å². The molecule has 96 valence electrons. The standard InChI is InChI=1S/C11H15F3N2O/c1-17-10-6-7(11(12,13)14)2-3-8(10)9(16)4-5-15/h2-3,6,9H,4-5,15-16H2,1H3/t9-/m1/s1. The van der Waals surface area contributed by atoms with E-state index in [2.05, 4.69) is 0 Å². The van der Waals surface area contributed by atoms with Crippen LogP contribution in [0.15, 0.2) is 18.2 Å². The molecule has 0 aliphatic rings. The summed E-state index contributed by atoms with van der Waals surface area (Å²) in [5, 5.41) is 0. The van der Waals surface area contributed by atoms with Gasteiger partial charge in [0.2, 0.25) is 0 Å². The maximum atomic E-state index is 12.5. The Hall–Kier alpha value is -1.27. The van der Waals surface area contributed by atoms with Gasteiger partial charge >= 0.3 is 6.18 Å². The molecule has 1 aromatic rings. The van der Waals surface area contributed by atoms with Gasteiger partial charge in [0.1, 0.15) is 5.75 Å². The topological polar surface area (TPSA) is 61.3 Å². The van der Waals surface area contributed by atoms with Gasteiger partial charge in [-0.25, -0.2) is 0 Å². The highest BCUT2D eigenvalue weighted by atomic mass is 19.4. The molecule has 0 fully saturated rings. The molecule has 0 saturated carbocycles. The van der Waals surface area contributed by atoms with Crippen molar-refractivity contribution in [1.29, 1.82) is 0 Å². The maximum Gasteiger partial charge on any atom is 0.416 e. The van der Waals surface area contributed by atoms with Gasteiger partial charge in [0.25, 0.3) is 0 Å². The van der Waals surface area contributed by atoms with Crippen LogP contribution in [0.4, 0.5) is 13.2 Å². The molecule has 1 aromatic carbocycles. The van der Waals surface area contributed by atoms with Crippen molar-refractivity contribution < 1.29 is 17.9 Å². The molecule has 0 unspecified atom stereocenters. The van der Waals surface area contributed by atoms with Crippen LogP contribution in [0.3, 0.4) is 0 Å². The SMILES string of the molecule is COc1cc(C(F)(F)F)ccc1[C@H](N)CCN. The Morgan fingerprint density at radius 3 is 2.47 bits per heavy atom. The molecule has 1 rings (SSSR count). The van der Waals surface area contributed by atoms with Crippen molar-refractivity contribution in [2.45, 2.75) is 18.6 Å². The number of nitrogens with two attached hydrogens (primary N) is 2. The molecule has 6 heteroatoms. The Morgan fingerprint density at radius 2 is 2.00 bits per heavy atom. The van der Waals surface area contributed by atoms with Gasteiger partial charge in [-0.1, -0.05) is 6.07 Å². The number of benzene rings is 1. The minimum atomic E-state index is -4.39. The van der Waals surface area contributed by atoms with Crippen molar-refractivity contribution >= 4 is 0 Å². The third kappa shape index (κ3) is 3.34. The lowest BCUT2D eigenvalue weighted by molar-refractivity contribution is -0.137. The summed E-state index contributed by atoms with van der Waals surface area (Å²) in [7, 11) is 1.31. The lowest BCUT2D eigenvalue weighted by Gasteiger charge is -2.17. The third-order valence-electron chi connectivity index (χ3n) is 2.44. The first-order chi connectivity index (χ1) is 7.90. The minimum absolute atomic E-state index is 0.140. The highest BCUT2D eigenvalue weighted by Crippen LogP contribution is 2.34. The van der Waals surface area contributed by atoms with E-state index < -0.39 is 17.8 Å². The minimum Gasteiger partial charge on any atom is -0.496 e. The van der Waals surface area contributed by atoms with Crippen LogP contribution in [0.1, 0.15) is 23.6 Å². The average molecular weight is 248 g/mol. The van der Waals surface area contributed by atoms with Gasteiger partial charge in [0.05, 0.1) is 12.7 Å². The number of methoxy groups -OCH3 is 1. The van der Waals surface area contributed by atoms with E-state index in [1.165, 1.54) is 13.2 Å². The Labute approximate surface area is 97.5 Å². The number of alkyl halides is 3.